The monoisotopic (exact) mass is 253 g/mol. The van der Waals surface area contributed by atoms with E-state index in [-0.39, 0.29) is 5.69 Å². The SMILES string of the molecule is C#CC(CC)Nc1ccc(C(=O)OC)c(F)c1F. The van der Waals surface area contributed by atoms with Crippen LogP contribution in [0.4, 0.5) is 14.5 Å². The number of ether oxygens (including phenoxy) is 1. The van der Waals surface area contributed by atoms with Gasteiger partial charge in [-0.3, -0.25) is 0 Å². The molecular weight excluding hydrogens is 240 g/mol. The number of rotatable bonds is 4. The molecule has 0 heterocycles. The van der Waals surface area contributed by atoms with Crippen molar-refractivity contribution in [1.82, 2.24) is 0 Å². The maximum absolute atomic E-state index is 13.7. The molecule has 1 atom stereocenters. The maximum Gasteiger partial charge on any atom is 0.340 e. The van der Waals surface area contributed by atoms with Gasteiger partial charge in [0, 0.05) is 0 Å². The first-order valence-corrected chi connectivity index (χ1v) is 5.34. The van der Waals surface area contributed by atoms with Crippen LogP contribution in [0.15, 0.2) is 12.1 Å². The summed E-state index contributed by atoms with van der Waals surface area (Å²) in [6.45, 7) is 1.81. The number of nitrogens with one attached hydrogen (secondary N) is 1. The zero-order valence-corrected chi connectivity index (χ0v) is 10.1. The first-order valence-electron chi connectivity index (χ1n) is 5.34. The standard InChI is InChI=1S/C13H13F2NO2/c1-4-8(5-2)16-10-7-6-9(13(17)18-3)11(14)12(10)15/h1,6-8,16H,5H2,2-3H3. The van der Waals surface area contributed by atoms with Crippen molar-refractivity contribution in [1.29, 1.82) is 0 Å². The molecule has 0 saturated carbocycles. The Morgan fingerprint density at radius 3 is 2.67 bits per heavy atom. The van der Waals surface area contributed by atoms with Gasteiger partial charge in [0.2, 0.25) is 0 Å². The van der Waals surface area contributed by atoms with Crippen LogP contribution >= 0.6 is 0 Å². The molecule has 1 rings (SSSR count). The summed E-state index contributed by atoms with van der Waals surface area (Å²) in [6, 6.07) is 2.00. The third-order valence-corrected chi connectivity index (χ3v) is 2.43. The molecule has 0 aliphatic heterocycles. The number of hydrogen-bond acceptors (Lipinski definition) is 3. The average Bonchev–Trinajstić information content (AvgIpc) is 2.39. The van der Waals surface area contributed by atoms with E-state index in [1.165, 1.54) is 6.07 Å². The quantitative estimate of drug-likeness (QED) is 0.662. The number of carbonyl (C=O) groups excluding carboxylic acids is 1. The third-order valence-electron chi connectivity index (χ3n) is 2.43. The summed E-state index contributed by atoms with van der Waals surface area (Å²) in [5.41, 5.74) is -0.528. The fourth-order valence-corrected chi connectivity index (χ4v) is 1.38. The smallest absolute Gasteiger partial charge is 0.340 e. The fraction of sp³-hybridized carbons (Fsp3) is 0.308. The fourth-order valence-electron chi connectivity index (χ4n) is 1.38. The van der Waals surface area contributed by atoms with E-state index in [4.69, 9.17) is 6.42 Å². The van der Waals surface area contributed by atoms with Gasteiger partial charge in [-0.1, -0.05) is 12.8 Å². The molecular formula is C13H13F2NO2. The van der Waals surface area contributed by atoms with Gasteiger partial charge < -0.3 is 10.1 Å². The summed E-state index contributed by atoms with van der Waals surface area (Å²) >= 11 is 0. The lowest BCUT2D eigenvalue weighted by molar-refractivity contribution is 0.0594. The second kappa shape index (κ2) is 6.01. The number of benzene rings is 1. The van der Waals surface area contributed by atoms with E-state index in [9.17, 15) is 13.6 Å². The first-order chi connectivity index (χ1) is 8.54. The highest BCUT2D eigenvalue weighted by molar-refractivity contribution is 5.90. The van der Waals surface area contributed by atoms with Crippen molar-refractivity contribution in [3.05, 3.63) is 29.3 Å². The van der Waals surface area contributed by atoms with E-state index in [1.807, 2.05) is 6.92 Å². The molecule has 1 unspecified atom stereocenters. The molecule has 1 N–H and O–H groups in total. The zero-order chi connectivity index (χ0) is 13.7. The van der Waals surface area contributed by atoms with E-state index in [0.717, 1.165) is 13.2 Å². The molecule has 18 heavy (non-hydrogen) atoms. The van der Waals surface area contributed by atoms with Crippen LogP contribution in [0.1, 0.15) is 23.7 Å². The number of anilines is 1. The lowest BCUT2D eigenvalue weighted by atomic mass is 10.1. The number of esters is 1. The van der Waals surface area contributed by atoms with Crippen molar-refractivity contribution in [2.75, 3.05) is 12.4 Å². The molecule has 0 aromatic heterocycles. The molecule has 0 aliphatic rings. The molecule has 0 aliphatic carbocycles. The third kappa shape index (κ3) is 2.77. The van der Waals surface area contributed by atoms with Crippen molar-refractivity contribution in [2.24, 2.45) is 0 Å². The predicted octanol–water partition coefficient (Wildman–Crippen LogP) is 2.58. The highest BCUT2D eigenvalue weighted by Crippen LogP contribution is 2.22. The van der Waals surface area contributed by atoms with Gasteiger partial charge in [-0.25, -0.2) is 13.6 Å². The van der Waals surface area contributed by atoms with Gasteiger partial charge >= 0.3 is 5.97 Å². The zero-order valence-electron chi connectivity index (χ0n) is 10.1. The Labute approximate surface area is 104 Å². The van der Waals surface area contributed by atoms with Crippen molar-refractivity contribution >= 4 is 11.7 Å². The topological polar surface area (TPSA) is 38.3 Å². The van der Waals surface area contributed by atoms with Crippen molar-refractivity contribution in [3.63, 3.8) is 0 Å². The average molecular weight is 253 g/mol. The Bertz CT molecular complexity index is 494. The minimum Gasteiger partial charge on any atom is -0.465 e. The molecule has 0 saturated heterocycles. The summed E-state index contributed by atoms with van der Waals surface area (Å²) in [5, 5.41) is 2.67. The molecule has 1 aromatic carbocycles. The van der Waals surface area contributed by atoms with Crippen LogP contribution in [0.3, 0.4) is 0 Å². The van der Waals surface area contributed by atoms with E-state index < -0.39 is 29.2 Å². The minimum atomic E-state index is -1.25. The van der Waals surface area contributed by atoms with E-state index in [0.29, 0.717) is 6.42 Å². The molecule has 0 spiro atoms. The number of halogens is 2. The van der Waals surface area contributed by atoms with Crippen LogP contribution in [-0.4, -0.2) is 19.1 Å². The maximum atomic E-state index is 13.7. The second-order valence-electron chi connectivity index (χ2n) is 3.55. The normalized spacial score (nSPS) is 11.5. The summed E-state index contributed by atoms with van der Waals surface area (Å²) in [7, 11) is 1.09. The molecule has 0 bridgehead atoms. The van der Waals surface area contributed by atoms with Gasteiger partial charge in [0.05, 0.1) is 24.4 Å². The number of methoxy groups -OCH3 is 1. The van der Waals surface area contributed by atoms with Crippen molar-refractivity contribution in [3.8, 4) is 12.3 Å². The summed E-state index contributed by atoms with van der Waals surface area (Å²) < 4.78 is 31.6. The Balaban J connectivity index is 3.09. The van der Waals surface area contributed by atoms with Gasteiger partial charge in [0.1, 0.15) is 0 Å². The lowest BCUT2D eigenvalue weighted by Gasteiger charge is -2.14. The molecule has 5 heteroatoms. The highest BCUT2D eigenvalue weighted by Gasteiger charge is 2.19. The Morgan fingerprint density at radius 1 is 1.50 bits per heavy atom. The second-order valence-corrected chi connectivity index (χ2v) is 3.55. The first kappa shape index (κ1) is 14.0. The Kier molecular flexibility index (Phi) is 4.67. The molecule has 3 nitrogen and oxygen atoms in total. The van der Waals surface area contributed by atoms with E-state index in [1.54, 1.807) is 0 Å². The molecule has 0 radical (unpaired) electrons. The van der Waals surface area contributed by atoms with Gasteiger partial charge in [-0.15, -0.1) is 6.42 Å². The summed E-state index contributed by atoms with van der Waals surface area (Å²) in [4.78, 5) is 11.2. The molecule has 0 amide bonds. The summed E-state index contributed by atoms with van der Waals surface area (Å²) in [5.74, 6) is -0.923. The van der Waals surface area contributed by atoms with E-state index >= 15 is 0 Å². The van der Waals surface area contributed by atoms with Crippen LogP contribution in [-0.2, 0) is 4.74 Å². The van der Waals surface area contributed by atoms with E-state index in [2.05, 4.69) is 16.0 Å². The van der Waals surface area contributed by atoms with Crippen LogP contribution < -0.4 is 5.32 Å². The van der Waals surface area contributed by atoms with Crippen molar-refractivity contribution < 1.29 is 18.3 Å². The van der Waals surface area contributed by atoms with Gasteiger partial charge in [0.15, 0.2) is 11.6 Å². The minimum absolute atomic E-state index is 0.0787. The van der Waals surface area contributed by atoms with Crippen molar-refractivity contribution in [2.45, 2.75) is 19.4 Å². The Hall–Kier alpha value is -2.09. The van der Waals surface area contributed by atoms with Gasteiger partial charge in [0.25, 0.3) is 0 Å². The number of hydrogen-bond donors (Lipinski definition) is 1. The largest absolute Gasteiger partial charge is 0.465 e. The molecule has 1 aromatic rings. The van der Waals surface area contributed by atoms with Crippen LogP contribution in [0.5, 0.6) is 0 Å². The summed E-state index contributed by atoms with van der Waals surface area (Å²) in [6.07, 6.45) is 5.78. The van der Waals surface area contributed by atoms with Crippen LogP contribution in [0, 0.1) is 24.0 Å². The van der Waals surface area contributed by atoms with Crippen LogP contribution in [0.2, 0.25) is 0 Å². The highest BCUT2D eigenvalue weighted by atomic mass is 19.2. The number of carbonyl (C=O) groups is 1. The predicted molar refractivity (Wildman–Crippen MR) is 64.2 cm³/mol. The molecule has 0 fully saturated rings. The van der Waals surface area contributed by atoms with Crippen LogP contribution in [0.25, 0.3) is 0 Å². The van der Waals surface area contributed by atoms with Gasteiger partial charge in [-0.05, 0) is 18.6 Å². The molecule has 96 valence electrons. The Morgan fingerprint density at radius 2 is 2.17 bits per heavy atom. The lowest BCUT2D eigenvalue weighted by Crippen LogP contribution is -2.18. The number of terminal acetylenes is 1. The van der Waals surface area contributed by atoms with Gasteiger partial charge in [-0.2, -0.15) is 0 Å².